The molecule has 2 N–H and O–H groups in total. The van der Waals surface area contributed by atoms with Crippen LogP contribution in [0.25, 0.3) is 11.0 Å². The van der Waals surface area contributed by atoms with Gasteiger partial charge in [0.15, 0.2) is 0 Å². The Morgan fingerprint density at radius 3 is 2.63 bits per heavy atom. The van der Waals surface area contributed by atoms with Gasteiger partial charge in [-0.05, 0) is 42.5 Å². The van der Waals surface area contributed by atoms with Crippen LogP contribution in [0.2, 0.25) is 0 Å². The molecule has 2 aromatic carbocycles. The normalized spacial score (nSPS) is 11.5. The number of H-pyrrole nitrogens is 1. The molecule has 0 spiro atoms. The third kappa shape index (κ3) is 3.69. The topological polar surface area (TPSA) is 62.8 Å². The molecule has 136 valence electrons. The summed E-state index contributed by atoms with van der Waals surface area (Å²) < 4.78 is 44.2. The van der Waals surface area contributed by atoms with E-state index in [2.05, 4.69) is 20.3 Å². The Bertz CT molecular complexity index is 1060. The number of fused-ring (bicyclic) bond motifs is 1. The first-order valence-electron chi connectivity index (χ1n) is 8.01. The second-order valence-corrected chi connectivity index (χ2v) is 5.71. The zero-order valence-corrected chi connectivity index (χ0v) is 13.8. The first-order valence-corrected chi connectivity index (χ1v) is 8.01. The molecule has 0 saturated carbocycles. The van der Waals surface area contributed by atoms with Crippen LogP contribution < -0.4 is 10.1 Å². The van der Waals surface area contributed by atoms with Gasteiger partial charge in [0, 0.05) is 6.20 Å². The van der Waals surface area contributed by atoms with Gasteiger partial charge in [0.1, 0.15) is 11.4 Å². The van der Waals surface area contributed by atoms with Crippen LogP contribution in [-0.4, -0.2) is 15.0 Å². The van der Waals surface area contributed by atoms with Gasteiger partial charge < -0.3 is 15.0 Å². The van der Waals surface area contributed by atoms with E-state index in [1.807, 2.05) is 24.3 Å². The monoisotopic (exact) mass is 370 g/mol. The van der Waals surface area contributed by atoms with Crippen molar-refractivity contribution >= 4 is 22.7 Å². The summed E-state index contributed by atoms with van der Waals surface area (Å²) in [6.07, 6.45) is -2.95. The number of rotatable bonds is 4. The van der Waals surface area contributed by atoms with Crippen molar-refractivity contribution in [1.29, 1.82) is 0 Å². The zero-order chi connectivity index (χ0) is 18.9. The fourth-order valence-corrected chi connectivity index (χ4v) is 2.55. The average Bonchev–Trinajstić information content (AvgIpc) is 3.05. The van der Waals surface area contributed by atoms with Gasteiger partial charge in [-0.1, -0.05) is 18.2 Å². The van der Waals surface area contributed by atoms with Gasteiger partial charge in [0.25, 0.3) is 0 Å². The standard InChI is InChI=1S/C19H13F3N4O/c20-19(21,22)12-5-3-6-13(11-12)27-17-16(9-4-10-23-17)26-18-24-14-7-1-2-8-15(14)25-18/h1-11H,(H2,24,25,26). The number of imidazole rings is 1. The Hall–Kier alpha value is -3.55. The highest BCUT2D eigenvalue weighted by Gasteiger charge is 2.30. The van der Waals surface area contributed by atoms with Gasteiger partial charge >= 0.3 is 6.18 Å². The summed E-state index contributed by atoms with van der Waals surface area (Å²) in [6.45, 7) is 0. The van der Waals surface area contributed by atoms with Crippen molar-refractivity contribution < 1.29 is 17.9 Å². The third-order valence-electron chi connectivity index (χ3n) is 3.79. The highest BCUT2D eigenvalue weighted by Crippen LogP contribution is 2.34. The van der Waals surface area contributed by atoms with Gasteiger partial charge in [-0.3, -0.25) is 0 Å². The Balaban J connectivity index is 1.61. The van der Waals surface area contributed by atoms with E-state index in [4.69, 9.17) is 4.74 Å². The number of para-hydroxylation sites is 2. The summed E-state index contributed by atoms with van der Waals surface area (Å²) in [4.78, 5) is 11.6. The van der Waals surface area contributed by atoms with E-state index in [1.165, 1.54) is 18.3 Å². The smallest absolute Gasteiger partial charge is 0.416 e. The van der Waals surface area contributed by atoms with Crippen LogP contribution in [0.4, 0.5) is 24.8 Å². The molecule has 0 atom stereocenters. The SMILES string of the molecule is FC(F)(F)c1cccc(Oc2ncccc2Nc2nc3ccccc3[nH]2)c1. The Labute approximate surface area is 151 Å². The number of anilines is 2. The van der Waals surface area contributed by atoms with Crippen LogP contribution in [0.1, 0.15) is 5.56 Å². The molecule has 0 saturated heterocycles. The number of nitrogens with zero attached hydrogens (tertiary/aromatic N) is 2. The number of nitrogens with one attached hydrogen (secondary N) is 2. The second kappa shape index (κ2) is 6.64. The van der Waals surface area contributed by atoms with Gasteiger partial charge in [-0.25, -0.2) is 9.97 Å². The predicted molar refractivity (Wildman–Crippen MR) is 95.1 cm³/mol. The van der Waals surface area contributed by atoms with Crippen molar-refractivity contribution in [2.24, 2.45) is 0 Å². The van der Waals surface area contributed by atoms with Crippen LogP contribution in [0.15, 0.2) is 66.9 Å². The molecular formula is C19H13F3N4O. The van der Waals surface area contributed by atoms with Crippen molar-refractivity contribution in [3.05, 3.63) is 72.4 Å². The number of aromatic amines is 1. The van der Waals surface area contributed by atoms with E-state index in [-0.39, 0.29) is 11.6 Å². The van der Waals surface area contributed by atoms with E-state index in [0.717, 1.165) is 23.2 Å². The summed E-state index contributed by atoms with van der Waals surface area (Å²) >= 11 is 0. The van der Waals surface area contributed by atoms with Crippen molar-refractivity contribution in [3.63, 3.8) is 0 Å². The maximum absolute atomic E-state index is 12.9. The first-order chi connectivity index (χ1) is 13.0. The Morgan fingerprint density at radius 2 is 1.81 bits per heavy atom. The minimum Gasteiger partial charge on any atom is -0.437 e. The first kappa shape index (κ1) is 16.9. The molecular weight excluding hydrogens is 357 g/mol. The number of ether oxygens (including phenoxy) is 1. The summed E-state index contributed by atoms with van der Waals surface area (Å²) in [5.41, 5.74) is 1.31. The molecule has 0 aliphatic heterocycles. The fourth-order valence-electron chi connectivity index (χ4n) is 2.55. The summed E-state index contributed by atoms with van der Waals surface area (Å²) in [5.74, 6) is 0.645. The van der Waals surface area contributed by atoms with Gasteiger partial charge in [0.2, 0.25) is 11.8 Å². The summed E-state index contributed by atoms with van der Waals surface area (Å²) in [7, 11) is 0. The molecule has 0 fully saturated rings. The summed E-state index contributed by atoms with van der Waals surface area (Å²) in [5, 5.41) is 3.05. The van der Waals surface area contributed by atoms with Crippen molar-refractivity contribution in [1.82, 2.24) is 15.0 Å². The van der Waals surface area contributed by atoms with E-state index < -0.39 is 11.7 Å². The molecule has 2 aromatic heterocycles. The van der Waals surface area contributed by atoms with Gasteiger partial charge in [-0.2, -0.15) is 13.2 Å². The molecule has 2 heterocycles. The highest BCUT2D eigenvalue weighted by atomic mass is 19.4. The van der Waals surface area contributed by atoms with Gasteiger partial charge in [0.05, 0.1) is 16.6 Å². The van der Waals surface area contributed by atoms with Crippen LogP contribution in [0.3, 0.4) is 0 Å². The number of pyridine rings is 1. The molecule has 0 bridgehead atoms. The van der Waals surface area contributed by atoms with Crippen LogP contribution in [0, 0.1) is 0 Å². The number of hydrogen-bond donors (Lipinski definition) is 2. The number of halogens is 3. The molecule has 0 aliphatic carbocycles. The molecule has 0 aliphatic rings. The molecule has 5 nitrogen and oxygen atoms in total. The molecule has 0 radical (unpaired) electrons. The molecule has 4 rings (SSSR count). The molecule has 0 amide bonds. The lowest BCUT2D eigenvalue weighted by molar-refractivity contribution is -0.137. The molecule has 4 aromatic rings. The van der Waals surface area contributed by atoms with E-state index in [9.17, 15) is 13.2 Å². The van der Waals surface area contributed by atoms with Crippen LogP contribution in [0.5, 0.6) is 11.6 Å². The van der Waals surface area contributed by atoms with Crippen molar-refractivity contribution in [2.45, 2.75) is 6.18 Å². The van der Waals surface area contributed by atoms with E-state index in [0.29, 0.717) is 11.6 Å². The lowest BCUT2D eigenvalue weighted by Gasteiger charge is -2.12. The number of alkyl halides is 3. The molecule has 0 unspecified atom stereocenters. The number of hydrogen-bond acceptors (Lipinski definition) is 4. The molecule has 27 heavy (non-hydrogen) atoms. The Kier molecular flexibility index (Phi) is 4.15. The Morgan fingerprint density at radius 1 is 0.963 bits per heavy atom. The molecule has 8 heteroatoms. The minimum atomic E-state index is -4.45. The minimum absolute atomic E-state index is 0.0381. The number of aromatic nitrogens is 3. The quantitative estimate of drug-likeness (QED) is 0.497. The fraction of sp³-hybridized carbons (Fsp3) is 0.0526. The highest BCUT2D eigenvalue weighted by molar-refractivity contribution is 5.78. The van der Waals surface area contributed by atoms with E-state index in [1.54, 1.807) is 12.1 Å². The lowest BCUT2D eigenvalue weighted by Crippen LogP contribution is -2.04. The maximum Gasteiger partial charge on any atom is 0.416 e. The summed E-state index contributed by atoms with van der Waals surface area (Å²) in [6, 6.07) is 15.5. The largest absolute Gasteiger partial charge is 0.437 e. The maximum atomic E-state index is 12.9. The van der Waals surface area contributed by atoms with Crippen molar-refractivity contribution in [2.75, 3.05) is 5.32 Å². The van der Waals surface area contributed by atoms with E-state index >= 15 is 0 Å². The van der Waals surface area contributed by atoms with Crippen LogP contribution in [-0.2, 0) is 6.18 Å². The lowest BCUT2D eigenvalue weighted by atomic mass is 10.2. The zero-order valence-electron chi connectivity index (χ0n) is 13.8. The third-order valence-corrected chi connectivity index (χ3v) is 3.79. The van der Waals surface area contributed by atoms with Crippen molar-refractivity contribution in [3.8, 4) is 11.6 Å². The van der Waals surface area contributed by atoms with Gasteiger partial charge in [-0.15, -0.1) is 0 Å². The average molecular weight is 370 g/mol. The second-order valence-electron chi connectivity index (χ2n) is 5.71. The predicted octanol–water partition coefficient (Wildman–Crippen LogP) is 5.51. The van der Waals surface area contributed by atoms with Crippen LogP contribution >= 0.6 is 0 Å². The number of benzene rings is 2.